The minimum Gasteiger partial charge on any atom is -0.507 e. The SMILES string of the molecule is CCCOc1ccc(/C(O)=C2/C(=O)C(=O)N(c3cc(C)on3)C2c2ccc([N+](=O)[O-])cc2)cc1. The van der Waals surface area contributed by atoms with Crippen LogP contribution < -0.4 is 9.64 Å². The fourth-order valence-corrected chi connectivity index (χ4v) is 3.71. The van der Waals surface area contributed by atoms with Gasteiger partial charge in [-0.2, -0.15) is 0 Å². The van der Waals surface area contributed by atoms with Gasteiger partial charge in [0.25, 0.3) is 11.5 Å². The van der Waals surface area contributed by atoms with Gasteiger partial charge in [0.15, 0.2) is 5.82 Å². The fourth-order valence-electron chi connectivity index (χ4n) is 3.71. The minimum atomic E-state index is -1.07. The van der Waals surface area contributed by atoms with Crippen molar-refractivity contribution >= 4 is 29.0 Å². The summed E-state index contributed by atoms with van der Waals surface area (Å²) in [5.41, 5.74) is 0.377. The van der Waals surface area contributed by atoms with Gasteiger partial charge in [0.05, 0.1) is 23.1 Å². The van der Waals surface area contributed by atoms with Crippen LogP contribution in [0.15, 0.2) is 64.7 Å². The summed E-state index contributed by atoms with van der Waals surface area (Å²) in [7, 11) is 0. The lowest BCUT2D eigenvalue weighted by Gasteiger charge is -2.22. The van der Waals surface area contributed by atoms with Gasteiger partial charge in [-0.25, -0.2) is 0 Å². The van der Waals surface area contributed by atoms with E-state index in [9.17, 15) is 24.8 Å². The molecule has 34 heavy (non-hydrogen) atoms. The number of ether oxygens (including phenoxy) is 1. The zero-order valence-corrected chi connectivity index (χ0v) is 18.4. The lowest BCUT2D eigenvalue weighted by Crippen LogP contribution is -2.29. The molecule has 174 valence electrons. The van der Waals surface area contributed by atoms with Crippen LogP contribution in [0.5, 0.6) is 5.75 Å². The summed E-state index contributed by atoms with van der Waals surface area (Å²) in [5.74, 6) is -1.09. The van der Waals surface area contributed by atoms with Gasteiger partial charge in [0.1, 0.15) is 17.3 Å². The smallest absolute Gasteiger partial charge is 0.301 e. The largest absolute Gasteiger partial charge is 0.507 e. The molecule has 1 N–H and O–H groups in total. The highest BCUT2D eigenvalue weighted by Crippen LogP contribution is 2.42. The van der Waals surface area contributed by atoms with Gasteiger partial charge in [-0.1, -0.05) is 12.1 Å². The Morgan fingerprint density at radius 3 is 2.41 bits per heavy atom. The average Bonchev–Trinajstić information content (AvgIpc) is 3.38. The van der Waals surface area contributed by atoms with Crippen molar-refractivity contribution < 1.29 is 28.9 Å². The number of nitrogens with zero attached hydrogens (tertiary/aromatic N) is 3. The molecule has 1 amide bonds. The molecule has 1 unspecified atom stereocenters. The van der Waals surface area contributed by atoms with Crippen molar-refractivity contribution in [1.82, 2.24) is 5.16 Å². The monoisotopic (exact) mass is 463 g/mol. The van der Waals surface area contributed by atoms with Crippen molar-refractivity contribution in [1.29, 1.82) is 0 Å². The lowest BCUT2D eigenvalue weighted by atomic mass is 9.95. The Hall–Kier alpha value is -4.47. The molecule has 10 nitrogen and oxygen atoms in total. The number of carbonyl (C=O) groups excluding carboxylic acids is 2. The summed E-state index contributed by atoms with van der Waals surface area (Å²) in [6.45, 7) is 4.15. The van der Waals surface area contributed by atoms with E-state index in [1.807, 2.05) is 6.92 Å². The molecule has 1 aliphatic rings. The number of carbonyl (C=O) groups is 2. The first kappa shape index (κ1) is 22.7. The molecule has 4 rings (SSSR count). The molecule has 0 bridgehead atoms. The van der Waals surface area contributed by atoms with Crippen molar-refractivity contribution in [2.24, 2.45) is 0 Å². The first-order chi connectivity index (χ1) is 16.3. The number of ketones is 1. The van der Waals surface area contributed by atoms with Gasteiger partial charge in [0, 0.05) is 23.8 Å². The quantitative estimate of drug-likeness (QED) is 0.180. The van der Waals surface area contributed by atoms with Gasteiger partial charge in [-0.05, 0) is 55.3 Å². The van der Waals surface area contributed by atoms with Crippen LogP contribution in [0.3, 0.4) is 0 Å². The van der Waals surface area contributed by atoms with E-state index in [0.29, 0.717) is 29.2 Å². The van der Waals surface area contributed by atoms with E-state index >= 15 is 0 Å². The predicted molar refractivity (Wildman–Crippen MR) is 121 cm³/mol. The Morgan fingerprint density at radius 1 is 1.18 bits per heavy atom. The lowest BCUT2D eigenvalue weighted by molar-refractivity contribution is -0.384. The first-order valence-electron chi connectivity index (χ1n) is 10.5. The third-order valence-electron chi connectivity index (χ3n) is 5.33. The molecule has 1 aromatic heterocycles. The van der Waals surface area contributed by atoms with Crippen molar-refractivity contribution in [2.45, 2.75) is 26.3 Å². The molecular formula is C24H21N3O7. The van der Waals surface area contributed by atoms with Crippen LogP contribution >= 0.6 is 0 Å². The van der Waals surface area contributed by atoms with Crippen molar-refractivity contribution in [3.05, 3.63) is 87.2 Å². The van der Waals surface area contributed by atoms with Gasteiger partial charge >= 0.3 is 5.91 Å². The number of amides is 1. The molecule has 0 spiro atoms. The molecule has 10 heteroatoms. The zero-order chi connectivity index (χ0) is 24.4. The Kier molecular flexibility index (Phi) is 6.13. The number of hydrogen-bond acceptors (Lipinski definition) is 8. The molecule has 2 aromatic carbocycles. The Morgan fingerprint density at radius 2 is 1.85 bits per heavy atom. The summed E-state index contributed by atoms with van der Waals surface area (Å²) in [5, 5.41) is 26.0. The summed E-state index contributed by atoms with van der Waals surface area (Å²) in [6, 6.07) is 12.3. The highest BCUT2D eigenvalue weighted by atomic mass is 16.6. The van der Waals surface area contributed by atoms with Crippen LogP contribution in [0.25, 0.3) is 5.76 Å². The Balaban J connectivity index is 1.84. The Bertz CT molecular complexity index is 1280. The van der Waals surface area contributed by atoms with Gasteiger partial charge in [-0.15, -0.1) is 0 Å². The number of aliphatic hydroxyl groups excluding tert-OH is 1. The second-order valence-corrected chi connectivity index (χ2v) is 7.69. The standard InChI is InChI=1S/C24H21N3O7/c1-3-12-33-18-10-6-16(7-11-18)22(28)20-21(15-4-8-17(9-5-15)27(31)32)26(24(30)23(20)29)19-13-14(2)34-25-19/h4-11,13,21,28H,3,12H2,1-2H3/b22-20-. The summed E-state index contributed by atoms with van der Waals surface area (Å²) < 4.78 is 10.6. The highest BCUT2D eigenvalue weighted by Gasteiger charge is 2.48. The van der Waals surface area contributed by atoms with Crippen LogP contribution in [-0.2, 0) is 9.59 Å². The average molecular weight is 463 g/mol. The highest BCUT2D eigenvalue weighted by molar-refractivity contribution is 6.51. The number of anilines is 1. The minimum absolute atomic E-state index is 0.0883. The predicted octanol–water partition coefficient (Wildman–Crippen LogP) is 4.31. The number of aromatic nitrogens is 1. The van der Waals surface area contributed by atoms with E-state index in [0.717, 1.165) is 11.3 Å². The van der Waals surface area contributed by atoms with Crippen LogP contribution in [0.2, 0.25) is 0 Å². The second-order valence-electron chi connectivity index (χ2n) is 7.69. The maximum atomic E-state index is 13.1. The Labute approximate surface area is 194 Å². The van der Waals surface area contributed by atoms with E-state index in [2.05, 4.69) is 5.16 Å². The number of benzene rings is 2. The van der Waals surface area contributed by atoms with E-state index < -0.39 is 22.7 Å². The molecule has 0 saturated carbocycles. The fraction of sp³-hybridized carbons (Fsp3) is 0.208. The van der Waals surface area contributed by atoms with Crippen LogP contribution in [0, 0.1) is 17.0 Å². The number of rotatable bonds is 7. The molecule has 1 fully saturated rings. The maximum absolute atomic E-state index is 13.1. The number of hydrogen-bond donors (Lipinski definition) is 1. The van der Waals surface area contributed by atoms with Crippen molar-refractivity contribution in [3.8, 4) is 5.75 Å². The zero-order valence-electron chi connectivity index (χ0n) is 18.4. The molecule has 3 aromatic rings. The normalized spacial score (nSPS) is 17.2. The van der Waals surface area contributed by atoms with E-state index in [1.165, 1.54) is 30.3 Å². The molecule has 2 heterocycles. The summed E-state index contributed by atoms with van der Waals surface area (Å²) >= 11 is 0. The van der Waals surface area contributed by atoms with Gasteiger partial charge in [0.2, 0.25) is 0 Å². The molecule has 1 atom stereocenters. The molecule has 0 radical (unpaired) electrons. The second kappa shape index (κ2) is 9.18. The van der Waals surface area contributed by atoms with Crippen molar-refractivity contribution in [2.75, 3.05) is 11.5 Å². The molecule has 1 aliphatic heterocycles. The summed E-state index contributed by atoms with van der Waals surface area (Å²) in [4.78, 5) is 37.7. The number of Topliss-reactive ketones (excluding diaryl/α,β-unsaturated/α-hetero) is 1. The topological polar surface area (TPSA) is 136 Å². The van der Waals surface area contributed by atoms with E-state index in [1.54, 1.807) is 31.2 Å². The number of non-ortho nitro benzene ring substituents is 1. The van der Waals surface area contributed by atoms with Crippen LogP contribution in [0.1, 0.15) is 36.3 Å². The first-order valence-corrected chi connectivity index (χ1v) is 10.5. The van der Waals surface area contributed by atoms with Gasteiger partial charge < -0.3 is 14.4 Å². The van der Waals surface area contributed by atoms with Crippen LogP contribution in [-0.4, -0.2) is 33.5 Å². The third-order valence-corrected chi connectivity index (χ3v) is 5.33. The summed E-state index contributed by atoms with van der Waals surface area (Å²) in [6.07, 6.45) is 0.835. The third kappa shape index (κ3) is 4.13. The number of aryl methyl sites for hydroxylation is 1. The van der Waals surface area contributed by atoms with E-state index in [-0.39, 0.29) is 22.8 Å². The van der Waals surface area contributed by atoms with E-state index in [4.69, 9.17) is 9.26 Å². The van der Waals surface area contributed by atoms with Gasteiger partial charge in [-0.3, -0.25) is 24.6 Å². The number of nitro benzene ring substituents is 1. The van der Waals surface area contributed by atoms with Crippen LogP contribution in [0.4, 0.5) is 11.5 Å². The molecular weight excluding hydrogens is 442 g/mol. The molecule has 1 saturated heterocycles. The van der Waals surface area contributed by atoms with Crippen molar-refractivity contribution in [3.63, 3.8) is 0 Å². The maximum Gasteiger partial charge on any atom is 0.301 e. The number of aliphatic hydroxyl groups is 1. The molecule has 0 aliphatic carbocycles. The number of nitro groups is 1.